The van der Waals surface area contributed by atoms with E-state index in [0.29, 0.717) is 11.0 Å². The third-order valence-electron chi connectivity index (χ3n) is 7.11. The molecule has 7 rings (SSSR count). The van der Waals surface area contributed by atoms with E-state index in [1.165, 1.54) is 6.33 Å². The summed E-state index contributed by atoms with van der Waals surface area (Å²) in [4.78, 5) is 37.6. The number of nitrogens with zero attached hydrogens (tertiary/aromatic N) is 6. The van der Waals surface area contributed by atoms with Crippen molar-refractivity contribution in [2.45, 2.75) is 49.7 Å². The predicted octanol–water partition coefficient (Wildman–Crippen LogP) is 1.30. The van der Waals surface area contributed by atoms with Crippen molar-refractivity contribution in [2.24, 2.45) is 0 Å². The Kier molecular flexibility index (Phi) is 7.32. The van der Waals surface area contributed by atoms with Crippen LogP contribution in [0.15, 0.2) is 28.2 Å². The Labute approximate surface area is 250 Å². The summed E-state index contributed by atoms with van der Waals surface area (Å²) in [6, 6.07) is 1.59. The molecule has 8 atom stereocenters. The molecular weight excluding hydrogens is 652 g/mol. The standard InChI is InChI=1S/C20H23N9O10P2S2/c21-20-24-16-14(18(31)25-20)26-27-29(16)19-11-3-8(36-19)5-34-40(32,42)38-10-4-13(37-12(10)6-35-41(33,43)39-11)28-2-1-9-15(28)22-7-23-17(9)30/h1-2,7-8,10-13,19H,3-6H2,(H,32,42)(H,33,43)(H,22,23,30)(H3,21,24,25,31)/t8-,10-,11+,12+,13+,19+,40?,41?/m0/s1. The molecule has 230 valence electrons. The number of anilines is 1. The Hall–Kier alpha value is -2.58. The number of aromatic amines is 2. The molecular formula is C20H23N9O10P2S2. The molecule has 2 bridgehead atoms. The lowest BCUT2D eigenvalue weighted by Gasteiger charge is -2.25. The van der Waals surface area contributed by atoms with Crippen LogP contribution in [0.1, 0.15) is 25.3 Å². The number of thiol groups is 2. The lowest BCUT2D eigenvalue weighted by molar-refractivity contribution is -0.0599. The van der Waals surface area contributed by atoms with E-state index in [1.54, 1.807) is 16.8 Å². The van der Waals surface area contributed by atoms with Gasteiger partial charge in [-0.15, -0.1) is 5.10 Å². The van der Waals surface area contributed by atoms with E-state index in [-0.39, 0.29) is 48.7 Å². The molecule has 0 aromatic carbocycles. The summed E-state index contributed by atoms with van der Waals surface area (Å²) in [5.74, 6) is -0.185. The summed E-state index contributed by atoms with van der Waals surface area (Å²) in [6.07, 6.45) is -2.40. The van der Waals surface area contributed by atoms with Crippen molar-refractivity contribution in [3.8, 4) is 0 Å². The zero-order chi connectivity index (χ0) is 30.1. The SMILES string of the molecule is Nc1nc2c(nnn2[C@@H]2O[C@@H]3COP(=O)(S)O[C@H]4C[C@H](n5ccc6c(=O)[nH]cnc65)O[C@@H]4COP(=O)(S)O[C@@H]2C3)c(=O)[nH]1. The molecule has 3 saturated heterocycles. The van der Waals surface area contributed by atoms with Crippen molar-refractivity contribution in [3.05, 3.63) is 39.3 Å². The number of nitrogens with two attached hydrogens (primary N) is 1. The Bertz CT molecular complexity index is 1930. The predicted molar refractivity (Wildman–Crippen MR) is 153 cm³/mol. The highest BCUT2D eigenvalue weighted by Gasteiger charge is 2.47. The fourth-order valence-electron chi connectivity index (χ4n) is 5.26. The molecule has 4 N–H and O–H groups in total. The van der Waals surface area contributed by atoms with Crippen molar-refractivity contribution < 1.29 is 36.7 Å². The molecule has 7 heterocycles. The van der Waals surface area contributed by atoms with Crippen LogP contribution in [-0.4, -0.2) is 77.1 Å². The van der Waals surface area contributed by atoms with E-state index in [2.05, 4.69) is 54.7 Å². The normalized spacial score (nSPS) is 35.4. The number of hydrogen-bond donors (Lipinski definition) is 5. The van der Waals surface area contributed by atoms with E-state index < -0.39 is 56.0 Å². The molecule has 0 radical (unpaired) electrons. The third-order valence-corrected chi connectivity index (χ3v) is 10.4. The van der Waals surface area contributed by atoms with E-state index >= 15 is 0 Å². The molecule has 3 aliphatic rings. The van der Waals surface area contributed by atoms with Crippen LogP contribution in [0, 0.1) is 0 Å². The highest BCUT2D eigenvalue weighted by atomic mass is 32.7. The molecule has 4 aromatic rings. The van der Waals surface area contributed by atoms with E-state index in [9.17, 15) is 18.7 Å². The first-order valence-corrected chi connectivity index (χ1v) is 18.1. The summed E-state index contributed by atoms with van der Waals surface area (Å²) in [5, 5.41) is 8.14. The molecule has 0 aliphatic carbocycles. The highest BCUT2D eigenvalue weighted by molar-refractivity contribution is 8.44. The topological polar surface area (TPSA) is 243 Å². The van der Waals surface area contributed by atoms with Crippen LogP contribution in [0.4, 0.5) is 5.95 Å². The van der Waals surface area contributed by atoms with E-state index in [1.807, 2.05) is 0 Å². The van der Waals surface area contributed by atoms with Crippen molar-refractivity contribution in [3.63, 3.8) is 0 Å². The monoisotopic (exact) mass is 675 g/mol. The van der Waals surface area contributed by atoms with E-state index in [4.69, 9.17) is 33.3 Å². The maximum atomic E-state index is 13.4. The zero-order valence-corrected chi connectivity index (χ0v) is 25.2. The van der Waals surface area contributed by atoms with Crippen LogP contribution in [0.2, 0.25) is 0 Å². The number of nitrogen functional groups attached to an aromatic ring is 1. The van der Waals surface area contributed by atoms with Gasteiger partial charge in [0.25, 0.3) is 11.1 Å². The molecule has 19 nitrogen and oxygen atoms in total. The fraction of sp³-hybridized carbons (Fsp3) is 0.500. The molecule has 4 aromatic heterocycles. The summed E-state index contributed by atoms with van der Waals surface area (Å²) in [6.45, 7) is -8.76. The first-order chi connectivity index (χ1) is 20.5. The first-order valence-electron chi connectivity index (χ1n) is 12.7. The maximum Gasteiger partial charge on any atom is 0.386 e. The van der Waals surface area contributed by atoms with Gasteiger partial charge in [-0.05, 0) is 6.07 Å². The molecule has 0 saturated carbocycles. The van der Waals surface area contributed by atoms with Crippen LogP contribution in [0.5, 0.6) is 0 Å². The van der Waals surface area contributed by atoms with Crippen LogP contribution in [0.3, 0.4) is 0 Å². The number of H-pyrrole nitrogens is 2. The van der Waals surface area contributed by atoms with Crippen LogP contribution < -0.4 is 16.9 Å². The minimum atomic E-state index is -4.11. The van der Waals surface area contributed by atoms with Gasteiger partial charge < -0.3 is 24.8 Å². The minimum absolute atomic E-state index is 0.0112. The quantitative estimate of drug-likeness (QED) is 0.149. The van der Waals surface area contributed by atoms with Crippen molar-refractivity contribution in [1.82, 2.24) is 39.5 Å². The van der Waals surface area contributed by atoms with Gasteiger partial charge in [-0.25, -0.2) is 14.1 Å². The molecule has 23 heteroatoms. The number of hydrogen-bond acceptors (Lipinski definition) is 15. The van der Waals surface area contributed by atoms with Gasteiger partial charge in [-0.1, -0.05) is 29.7 Å². The summed E-state index contributed by atoms with van der Waals surface area (Å²) in [5.41, 5.74) is 4.98. The Morgan fingerprint density at radius 1 is 0.977 bits per heavy atom. The Morgan fingerprint density at radius 3 is 2.56 bits per heavy atom. The van der Waals surface area contributed by atoms with Gasteiger partial charge in [0.05, 0.1) is 31.0 Å². The summed E-state index contributed by atoms with van der Waals surface area (Å²) in [7, 11) is 0. The molecule has 2 unspecified atom stereocenters. The smallest absolute Gasteiger partial charge is 0.369 e. The van der Waals surface area contributed by atoms with Crippen LogP contribution >= 0.6 is 38.1 Å². The average Bonchev–Trinajstić information content (AvgIpc) is 3.71. The van der Waals surface area contributed by atoms with Gasteiger partial charge in [-0.3, -0.25) is 32.7 Å². The lowest BCUT2D eigenvalue weighted by Crippen LogP contribution is -2.29. The minimum Gasteiger partial charge on any atom is -0.369 e. The second-order valence-corrected chi connectivity index (χ2v) is 15.7. The van der Waals surface area contributed by atoms with Crippen LogP contribution in [0.25, 0.3) is 22.2 Å². The van der Waals surface area contributed by atoms with Crippen molar-refractivity contribution >= 4 is 66.2 Å². The fourth-order valence-corrected chi connectivity index (χ4v) is 8.29. The summed E-state index contributed by atoms with van der Waals surface area (Å²) < 4.78 is 64.5. The maximum absolute atomic E-state index is 13.4. The molecule has 3 aliphatic heterocycles. The van der Waals surface area contributed by atoms with Gasteiger partial charge >= 0.3 is 13.6 Å². The summed E-state index contributed by atoms with van der Waals surface area (Å²) >= 11 is 8.31. The Morgan fingerprint density at radius 2 is 1.74 bits per heavy atom. The van der Waals surface area contributed by atoms with Crippen LogP contribution in [-0.2, 0) is 36.7 Å². The first kappa shape index (κ1) is 29.1. The van der Waals surface area contributed by atoms with Crippen molar-refractivity contribution in [2.75, 3.05) is 18.9 Å². The van der Waals surface area contributed by atoms with E-state index in [0.717, 1.165) is 4.68 Å². The van der Waals surface area contributed by atoms with Gasteiger partial charge in [0, 0.05) is 19.0 Å². The average molecular weight is 676 g/mol. The second kappa shape index (κ2) is 10.8. The Balaban J connectivity index is 1.17. The van der Waals surface area contributed by atoms with Gasteiger partial charge in [-0.2, -0.15) is 9.67 Å². The third kappa shape index (κ3) is 5.58. The number of fused-ring (bicyclic) bond motifs is 5. The second-order valence-electron chi connectivity index (χ2n) is 9.91. The highest BCUT2D eigenvalue weighted by Crippen LogP contribution is 2.60. The molecule has 0 amide bonds. The van der Waals surface area contributed by atoms with Gasteiger partial charge in [0.2, 0.25) is 5.95 Å². The number of nitrogens with one attached hydrogen (secondary N) is 2. The lowest BCUT2D eigenvalue weighted by atomic mass is 10.2. The van der Waals surface area contributed by atoms with Gasteiger partial charge in [0.15, 0.2) is 17.4 Å². The number of ether oxygens (including phenoxy) is 2. The molecule has 43 heavy (non-hydrogen) atoms. The van der Waals surface area contributed by atoms with Gasteiger partial charge in [0.1, 0.15) is 30.2 Å². The molecule has 3 fully saturated rings. The molecule has 0 spiro atoms. The number of aromatic nitrogens is 8. The zero-order valence-electron chi connectivity index (χ0n) is 21.7. The largest absolute Gasteiger partial charge is 0.386 e. The van der Waals surface area contributed by atoms with Crippen molar-refractivity contribution in [1.29, 1.82) is 0 Å². The number of rotatable bonds is 2.